The van der Waals surface area contributed by atoms with Crippen molar-refractivity contribution in [2.75, 3.05) is 32.8 Å². The number of aliphatic hydroxyl groups is 1. The summed E-state index contributed by atoms with van der Waals surface area (Å²) in [5, 5.41) is 14.5. The van der Waals surface area contributed by atoms with Crippen LogP contribution in [0.4, 0.5) is 18.0 Å². The number of likely N-dealkylation sites (tertiary alicyclic amines) is 1. The van der Waals surface area contributed by atoms with Crippen LogP contribution in [0, 0.1) is 11.8 Å². The number of urea groups is 1. The number of alkyl halides is 3. The van der Waals surface area contributed by atoms with Gasteiger partial charge in [0.2, 0.25) is 0 Å². The van der Waals surface area contributed by atoms with E-state index in [1.807, 2.05) is 13.8 Å². The van der Waals surface area contributed by atoms with E-state index < -0.39 is 12.7 Å². The third-order valence-corrected chi connectivity index (χ3v) is 3.64. The Hall–Kier alpha value is -1.02. The molecule has 0 aliphatic carbocycles. The molecule has 0 radical (unpaired) electrons. The molecule has 22 heavy (non-hydrogen) atoms. The molecule has 0 bridgehead atoms. The number of carbonyl (C=O) groups excluding carboxylic acids is 1. The predicted octanol–water partition coefficient (Wildman–Crippen LogP) is 1.58. The van der Waals surface area contributed by atoms with Crippen LogP contribution in [0.2, 0.25) is 0 Å². The number of halogens is 3. The third kappa shape index (κ3) is 7.84. The fourth-order valence-corrected chi connectivity index (χ4v) is 2.70. The van der Waals surface area contributed by atoms with E-state index in [2.05, 4.69) is 10.6 Å². The molecule has 1 aliphatic rings. The highest BCUT2D eigenvalue weighted by Crippen LogP contribution is 2.22. The van der Waals surface area contributed by atoms with Crippen molar-refractivity contribution in [2.24, 2.45) is 11.8 Å². The maximum absolute atomic E-state index is 12.3. The van der Waals surface area contributed by atoms with Gasteiger partial charge in [-0.3, -0.25) is 4.90 Å². The van der Waals surface area contributed by atoms with Crippen LogP contribution in [0.5, 0.6) is 0 Å². The highest BCUT2D eigenvalue weighted by Gasteiger charge is 2.34. The normalized spacial score (nSPS) is 21.1. The first-order valence-electron chi connectivity index (χ1n) is 7.64. The third-order valence-electron chi connectivity index (χ3n) is 3.64. The summed E-state index contributed by atoms with van der Waals surface area (Å²) in [4.78, 5) is 13.1. The number of carbonyl (C=O) groups is 1. The standard InChI is InChI=1S/C14H26F3N3O2/c1-10(2)5-12(8-21)19-13(22)18-6-11-3-4-20(7-11)9-14(15,16)17/h10-12,21H,3-9H2,1-2H3,(H2,18,19,22). The average molecular weight is 325 g/mol. The summed E-state index contributed by atoms with van der Waals surface area (Å²) in [7, 11) is 0. The summed E-state index contributed by atoms with van der Waals surface area (Å²) in [5.74, 6) is 0.383. The molecule has 8 heteroatoms. The van der Waals surface area contributed by atoms with Crippen molar-refractivity contribution in [1.29, 1.82) is 0 Å². The molecule has 0 aromatic carbocycles. The summed E-state index contributed by atoms with van der Waals surface area (Å²) in [6, 6.07) is -0.681. The largest absolute Gasteiger partial charge is 0.401 e. The van der Waals surface area contributed by atoms with E-state index in [1.54, 1.807) is 0 Å². The van der Waals surface area contributed by atoms with E-state index >= 15 is 0 Å². The van der Waals surface area contributed by atoms with E-state index in [9.17, 15) is 23.1 Å². The second kappa shape index (κ2) is 8.57. The molecule has 1 fully saturated rings. The number of aliphatic hydroxyl groups excluding tert-OH is 1. The minimum absolute atomic E-state index is 0.0331. The lowest BCUT2D eigenvalue weighted by Gasteiger charge is -2.20. The van der Waals surface area contributed by atoms with Gasteiger partial charge in [-0.1, -0.05) is 13.8 Å². The minimum Gasteiger partial charge on any atom is -0.394 e. The molecule has 1 rings (SSSR count). The lowest BCUT2D eigenvalue weighted by atomic mass is 10.0. The number of hydrogen-bond acceptors (Lipinski definition) is 3. The van der Waals surface area contributed by atoms with Crippen LogP contribution in [-0.2, 0) is 0 Å². The van der Waals surface area contributed by atoms with Crippen LogP contribution >= 0.6 is 0 Å². The van der Waals surface area contributed by atoms with Gasteiger partial charge in [-0.15, -0.1) is 0 Å². The van der Waals surface area contributed by atoms with Crippen LogP contribution in [0.1, 0.15) is 26.7 Å². The molecule has 2 atom stereocenters. The molecular formula is C14H26F3N3O2. The molecule has 5 nitrogen and oxygen atoms in total. The van der Waals surface area contributed by atoms with E-state index in [-0.39, 0.29) is 24.6 Å². The number of hydrogen-bond donors (Lipinski definition) is 3. The Balaban J connectivity index is 2.25. The van der Waals surface area contributed by atoms with Gasteiger partial charge in [0, 0.05) is 13.1 Å². The number of nitrogens with one attached hydrogen (secondary N) is 2. The van der Waals surface area contributed by atoms with E-state index in [0.717, 1.165) is 0 Å². The fourth-order valence-electron chi connectivity index (χ4n) is 2.70. The maximum atomic E-state index is 12.3. The summed E-state index contributed by atoms with van der Waals surface area (Å²) >= 11 is 0. The maximum Gasteiger partial charge on any atom is 0.401 e. The van der Waals surface area contributed by atoms with E-state index in [4.69, 9.17) is 0 Å². The Morgan fingerprint density at radius 1 is 1.41 bits per heavy atom. The van der Waals surface area contributed by atoms with Crippen molar-refractivity contribution >= 4 is 6.03 Å². The second-order valence-corrected chi connectivity index (χ2v) is 6.37. The Labute approximate surface area is 129 Å². The molecule has 1 heterocycles. The van der Waals surface area contributed by atoms with Gasteiger partial charge in [-0.2, -0.15) is 13.2 Å². The van der Waals surface area contributed by atoms with E-state index in [0.29, 0.717) is 38.4 Å². The zero-order valence-corrected chi connectivity index (χ0v) is 13.1. The van der Waals surface area contributed by atoms with Gasteiger partial charge in [0.15, 0.2) is 0 Å². The zero-order valence-electron chi connectivity index (χ0n) is 13.1. The molecule has 1 saturated heterocycles. The lowest BCUT2D eigenvalue weighted by molar-refractivity contribution is -0.143. The molecule has 2 amide bonds. The molecule has 130 valence electrons. The van der Waals surface area contributed by atoms with Gasteiger partial charge >= 0.3 is 12.2 Å². The highest BCUT2D eigenvalue weighted by atomic mass is 19.4. The van der Waals surface area contributed by atoms with Crippen molar-refractivity contribution < 1.29 is 23.1 Å². The first-order valence-corrected chi connectivity index (χ1v) is 7.64. The predicted molar refractivity (Wildman–Crippen MR) is 77.5 cm³/mol. The van der Waals surface area contributed by atoms with Gasteiger partial charge in [0.25, 0.3) is 0 Å². The van der Waals surface area contributed by atoms with Crippen LogP contribution in [-0.4, -0.2) is 61.0 Å². The van der Waals surface area contributed by atoms with Gasteiger partial charge < -0.3 is 15.7 Å². The van der Waals surface area contributed by atoms with Crippen LogP contribution in [0.3, 0.4) is 0 Å². The van der Waals surface area contributed by atoms with E-state index in [1.165, 1.54) is 4.90 Å². The Bertz CT molecular complexity index is 351. The van der Waals surface area contributed by atoms with Gasteiger partial charge in [0.05, 0.1) is 19.2 Å². The van der Waals surface area contributed by atoms with Crippen molar-refractivity contribution in [3.63, 3.8) is 0 Å². The molecule has 3 N–H and O–H groups in total. The van der Waals surface area contributed by atoms with Gasteiger partial charge in [-0.25, -0.2) is 4.79 Å². The summed E-state index contributed by atoms with van der Waals surface area (Å²) in [5.41, 5.74) is 0. The van der Waals surface area contributed by atoms with Crippen LogP contribution in [0.25, 0.3) is 0 Å². The molecule has 0 aromatic rings. The van der Waals surface area contributed by atoms with Crippen molar-refractivity contribution in [1.82, 2.24) is 15.5 Å². The first kappa shape index (κ1) is 19.0. The van der Waals surface area contributed by atoms with Gasteiger partial charge in [-0.05, 0) is 31.2 Å². The van der Waals surface area contributed by atoms with Crippen molar-refractivity contribution in [3.8, 4) is 0 Å². The number of rotatable bonds is 7. The Kier molecular flexibility index (Phi) is 7.41. The number of nitrogens with zero attached hydrogens (tertiary/aromatic N) is 1. The SMILES string of the molecule is CC(C)CC(CO)NC(=O)NCC1CCN(CC(F)(F)F)C1. The Morgan fingerprint density at radius 3 is 2.64 bits per heavy atom. The summed E-state index contributed by atoms with van der Waals surface area (Å²) in [6.07, 6.45) is -2.86. The van der Waals surface area contributed by atoms with Crippen molar-refractivity contribution in [2.45, 2.75) is 38.9 Å². The number of amides is 2. The summed E-state index contributed by atoms with van der Waals surface area (Å²) < 4.78 is 36.9. The van der Waals surface area contributed by atoms with Crippen LogP contribution < -0.4 is 10.6 Å². The average Bonchev–Trinajstić information content (AvgIpc) is 2.80. The second-order valence-electron chi connectivity index (χ2n) is 6.37. The quantitative estimate of drug-likeness (QED) is 0.666. The first-order chi connectivity index (χ1) is 10.2. The monoisotopic (exact) mass is 325 g/mol. The van der Waals surface area contributed by atoms with Crippen molar-refractivity contribution in [3.05, 3.63) is 0 Å². The molecular weight excluding hydrogens is 299 g/mol. The van der Waals surface area contributed by atoms with Crippen LogP contribution in [0.15, 0.2) is 0 Å². The topological polar surface area (TPSA) is 64.6 Å². The molecule has 0 aromatic heterocycles. The molecule has 2 unspecified atom stereocenters. The highest BCUT2D eigenvalue weighted by molar-refractivity contribution is 5.74. The summed E-state index contributed by atoms with van der Waals surface area (Å²) in [6.45, 7) is 4.06. The zero-order chi connectivity index (χ0) is 16.8. The molecule has 1 aliphatic heterocycles. The lowest BCUT2D eigenvalue weighted by Crippen LogP contribution is -2.45. The smallest absolute Gasteiger partial charge is 0.394 e. The fraction of sp³-hybridized carbons (Fsp3) is 0.929. The molecule has 0 spiro atoms. The Morgan fingerprint density at radius 2 is 2.09 bits per heavy atom. The van der Waals surface area contributed by atoms with Gasteiger partial charge in [0.1, 0.15) is 0 Å². The molecule has 0 saturated carbocycles. The minimum atomic E-state index is -4.18.